The van der Waals surface area contributed by atoms with Crippen LogP contribution in [0, 0.1) is 0 Å². The van der Waals surface area contributed by atoms with Gasteiger partial charge in [0.05, 0.1) is 17.8 Å². The van der Waals surface area contributed by atoms with Crippen molar-refractivity contribution >= 4 is 23.2 Å². The van der Waals surface area contributed by atoms with Gasteiger partial charge in [-0.2, -0.15) is 0 Å². The molecule has 0 fully saturated rings. The maximum Gasteiger partial charge on any atom is 0.573 e. The predicted octanol–water partition coefficient (Wildman–Crippen LogP) is 5.56. The van der Waals surface area contributed by atoms with E-state index in [1.165, 1.54) is 31.4 Å². The Morgan fingerprint density at radius 2 is 1.90 bits per heavy atom. The fourth-order valence-corrected chi connectivity index (χ4v) is 2.81. The molecular weight excluding hydrogens is 409 g/mol. The number of methoxy groups -OCH3 is 1. The first kappa shape index (κ1) is 20.5. The second-order valence-electron chi connectivity index (χ2n) is 5.78. The molecule has 0 aliphatic heterocycles. The number of carbonyl (C=O) groups is 1. The van der Waals surface area contributed by atoms with Crippen LogP contribution in [0.15, 0.2) is 60.8 Å². The molecule has 1 amide bonds. The lowest BCUT2D eigenvalue weighted by Gasteiger charge is -2.13. The van der Waals surface area contributed by atoms with E-state index in [0.29, 0.717) is 22.0 Å². The minimum atomic E-state index is -4.82. The van der Waals surface area contributed by atoms with Crippen LogP contribution in [0.2, 0.25) is 5.02 Å². The molecule has 0 radical (unpaired) electrons. The Labute approximate surface area is 169 Å². The van der Waals surface area contributed by atoms with Crippen LogP contribution in [-0.4, -0.2) is 24.4 Å². The van der Waals surface area contributed by atoms with Crippen LogP contribution in [0.3, 0.4) is 0 Å². The van der Waals surface area contributed by atoms with Crippen LogP contribution < -0.4 is 14.8 Å². The van der Waals surface area contributed by atoms with E-state index in [1.54, 1.807) is 24.4 Å². The number of nitrogens with zero attached hydrogens (tertiary/aromatic N) is 1. The van der Waals surface area contributed by atoms with Gasteiger partial charge < -0.3 is 14.8 Å². The second kappa shape index (κ2) is 8.40. The molecule has 2 aromatic carbocycles. The van der Waals surface area contributed by atoms with E-state index in [2.05, 4.69) is 15.0 Å². The largest absolute Gasteiger partial charge is 0.573 e. The lowest BCUT2D eigenvalue weighted by atomic mass is 10.1. The number of nitrogens with one attached hydrogen (secondary N) is 1. The normalized spacial score (nSPS) is 11.1. The number of carbonyl (C=O) groups excluding carboxylic acids is 1. The summed E-state index contributed by atoms with van der Waals surface area (Å²) >= 11 is 6.17. The van der Waals surface area contributed by atoms with Gasteiger partial charge in [0, 0.05) is 29.1 Å². The van der Waals surface area contributed by atoms with Gasteiger partial charge >= 0.3 is 6.36 Å². The Bertz CT molecular complexity index is 1040. The molecule has 150 valence electrons. The number of hydrogen-bond donors (Lipinski definition) is 1. The quantitative estimate of drug-likeness (QED) is 0.584. The summed E-state index contributed by atoms with van der Waals surface area (Å²) < 4.78 is 46.3. The highest BCUT2D eigenvalue weighted by atomic mass is 35.5. The van der Waals surface area contributed by atoms with Crippen molar-refractivity contribution in [2.24, 2.45) is 0 Å². The maximum absolute atomic E-state index is 12.5. The molecule has 0 aliphatic carbocycles. The van der Waals surface area contributed by atoms with Gasteiger partial charge in [-0.1, -0.05) is 17.7 Å². The molecule has 0 saturated carbocycles. The zero-order valence-corrected chi connectivity index (χ0v) is 15.7. The Hall–Kier alpha value is -3.26. The number of pyridine rings is 1. The molecule has 0 bridgehead atoms. The number of anilines is 1. The van der Waals surface area contributed by atoms with Crippen LogP contribution in [0.4, 0.5) is 18.9 Å². The highest BCUT2D eigenvalue weighted by Gasteiger charge is 2.31. The average molecular weight is 423 g/mol. The molecule has 1 N–H and O–H groups in total. The molecule has 9 heteroatoms. The minimum Gasteiger partial charge on any atom is -0.496 e. The Morgan fingerprint density at radius 3 is 2.59 bits per heavy atom. The lowest BCUT2D eigenvalue weighted by molar-refractivity contribution is -0.274. The van der Waals surface area contributed by atoms with E-state index in [0.717, 1.165) is 12.1 Å². The van der Waals surface area contributed by atoms with Crippen LogP contribution in [-0.2, 0) is 0 Å². The molecule has 0 atom stereocenters. The number of rotatable bonds is 5. The average Bonchev–Trinajstić information content (AvgIpc) is 2.67. The number of ether oxygens (including phenoxy) is 2. The highest BCUT2D eigenvalue weighted by molar-refractivity contribution is 6.33. The Morgan fingerprint density at radius 1 is 1.10 bits per heavy atom. The summed E-state index contributed by atoms with van der Waals surface area (Å²) in [6.07, 6.45) is -3.24. The monoisotopic (exact) mass is 422 g/mol. The molecule has 0 spiro atoms. The van der Waals surface area contributed by atoms with E-state index in [9.17, 15) is 18.0 Å². The number of alkyl halides is 3. The first-order chi connectivity index (χ1) is 13.8. The van der Waals surface area contributed by atoms with Crippen LogP contribution in [0.1, 0.15) is 10.4 Å². The van der Waals surface area contributed by atoms with Crippen molar-refractivity contribution in [1.29, 1.82) is 0 Å². The Balaban J connectivity index is 1.83. The standard InChI is InChI=1S/C20H14ClF3N2O3/c1-28-17-10-12(7-8-15(17)18-16(21)6-3-9-25-18)19(27)26-13-4-2-5-14(11-13)29-20(22,23)24/h2-11H,1H3,(H,26,27). The van der Waals surface area contributed by atoms with Crippen molar-refractivity contribution in [2.75, 3.05) is 12.4 Å². The van der Waals surface area contributed by atoms with Crippen molar-refractivity contribution in [3.8, 4) is 22.8 Å². The van der Waals surface area contributed by atoms with Gasteiger partial charge in [-0.3, -0.25) is 9.78 Å². The molecule has 5 nitrogen and oxygen atoms in total. The summed E-state index contributed by atoms with van der Waals surface area (Å²) in [7, 11) is 1.44. The fraction of sp³-hybridized carbons (Fsp3) is 0.100. The lowest BCUT2D eigenvalue weighted by Crippen LogP contribution is -2.17. The molecule has 0 unspecified atom stereocenters. The van der Waals surface area contributed by atoms with Crippen molar-refractivity contribution in [3.05, 3.63) is 71.4 Å². The first-order valence-corrected chi connectivity index (χ1v) is 8.61. The van der Waals surface area contributed by atoms with Crippen molar-refractivity contribution < 1.29 is 27.4 Å². The summed E-state index contributed by atoms with van der Waals surface area (Å²) in [4.78, 5) is 16.7. The second-order valence-corrected chi connectivity index (χ2v) is 6.19. The number of amides is 1. The van der Waals surface area contributed by atoms with Gasteiger partial charge in [0.25, 0.3) is 5.91 Å². The van der Waals surface area contributed by atoms with Crippen LogP contribution in [0.5, 0.6) is 11.5 Å². The van der Waals surface area contributed by atoms with E-state index in [-0.39, 0.29) is 11.3 Å². The van der Waals surface area contributed by atoms with Crippen LogP contribution >= 0.6 is 11.6 Å². The SMILES string of the molecule is COc1cc(C(=O)Nc2cccc(OC(F)(F)F)c2)ccc1-c1ncccc1Cl. The molecule has 1 heterocycles. The number of hydrogen-bond acceptors (Lipinski definition) is 4. The molecule has 0 saturated heterocycles. The first-order valence-electron chi connectivity index (χ1n) is 8.23. The summed E-state index contributed by atoms with van der Waals surface area (Å²) in [5.41, 5.74) is 1.47. The van der Waals surface area contributed by atoms with Gasteiger partial charge in [0.2, 0.25) is 0 Å². The van der Waals surface area contributed by atoms with E-state index < -0.39 is 18.0 Å². The highest BCUT2D eigenvalue weighted by Crippen LogP contribution is 2.34. The smallest absolute Gasteiger partial charge is 0.496 e. The van der Waals surface area contributed by atoms with E-state index >= 15 is 0 Å². The molecule has 3 aromatic rings. The van der Waals surface area contributed by atoms with Gasteiger partial charge in [-0.05, 0) is 42.5 Å². The summed E-state index contributed by atoms with van der Waals surface area (Å²) in [6, 6.07) is 13.0. The molecule has 1 aromatic heterocycles. The van der Waals surface area contributed by atoms with E-state index in [4.69, 9.17) is 16.3 Å². The maximum atomic E-state index is 12.5. The van der Waals surface area contributed by atoms with Crippen LogP contribution in [0.25, 0.3) is 11.3 Å². The Kier molecular flexibility index (Phi) is 5.93. The summed E-state index contributed by atoms with van der Waals surface area (Å²) in [5.74, 6) is -0.605. The molecule has 0 aliphatic rings. The van der Waals surface area contributed by atoms with E-state index in [1.807, 2.05) is 0 Å². The number of benzene rings is 2. The minimum absolute atomic E-state index is 0.146. The number of halogens is 4. The number of aromatic nitrogens is 1. The zero-order valence-electron chi connectivity index (χ0n) is 15.0. The molecule has 3 rings (SSSR count). The molecule has 29 heavy (non-hydrogen) atoms. The van der Waals surface area contributed by atoms with Crippen molar-refractivity contribution in [2.45, 2.75) is 6.36 Å². The van der Waals surface area contributed by atoms with Gasteiger partial charge in [-0.15, -0.1) is 13.2 Å². The predicted molar refractivity (Wildman–Crippen MR) is 102 cm³/mol. The third-order valence-electron chi connectivity index (χ3n) is 3.80. The summed E-state index contributed by atoms with van der Waals surface area (Å²) in [6.45, 7) is 0. The van der Waals surface area contributed by atoms with Gasteiger partial charge in [0.15, 0.2) is 0 Å². The molecular formula is C20H14ClF3N2O3. The van der Waals surface area contributed by atoms with Crippen molar-refractivity contribution in [1.82, 2.24) is 4.98 Å². The topological polar surface area (TPSA) is 60.5 Å². The van der Waals surface area contributed by atoms with Crippen molar-refractivity contribution in [3.63, 3.8) is 0 Å². The fourth-order valence-electron chi connectivity index (χ4n) is 2.59. The third kappa shape index (κ3) is 5.17. The van der Waals surface area contributed by atoms with Gasteiger partial charge in [0.1, 0.15) is 11.5 Å². The third-order valence-corrected chi connectivity index (χ3v) is 4.11. The van der Waals surface area contributed by atoms with Gasteiger partial charge in [-0.25, -0.2) is 0 Å². The zero-order chi connectivity index (χ0) is 21.0. The summed E-state index contributed by atoms with van der Waals surface area (Å²) in [5, 5.41) is 2.94.